The molecule has 4 rings (SSSR count). The summed E-state index contributed by atoms with van der Waals surface area (Å²) in [6, 6.07) is 0. The first-order valence-electron chi connectivity index (χ1n) is 17.9. The Morgan fingerprint density at radius 3 is 2.00 bits per heavy atom. The van der Waals surface area contributed by atoms with E-state index in [-0.39, 0.29) is 36.8 Å². The zero-order chi connectivity index (χ0) is 35.7. The largest absolute Gasteiger partial charge is 0.461 e. The molecule has 10 heteroatoms. The van der Waals surface area contributed by atoms with E-state index in [1.165, 1.54) is 52.9 Å². The van der Waals surface area contributed by atoms with Gasteiger partial charge >= 0.3 is 23.9 Å². The van der Waals surface area contributed by atoms with E-state index < -0.39 is 69.9 Å². The Kier molecular flexibility index (Phi) is 11.4. The zero-order valence-corrected chi connectivity index (χ0v) is 30.1. The fourth-order valence-electron chi connectivity index (χ4n) is 9.38. The summed E-state index contributed by atoms with van der Waals surface area (Å²) in [5, 5.41) is 13.0. The maximum atomic E-state index is 15.1. The molecule has 0 aliphatic heterocycles. The van der Waals surface area contributed by atoms with Crippen LogP contribution >= 0.6 is 0 Å². The number of unbranched alkanes of at least 4 members (excludes halogenated alkanes) is 8. The van der Waals surface area contributed by atoms with Crippen LogP contribution in [0.5, 0.6) is 0 Å². The minimum absolute atomic E-state index is 0.204. The summed E-state index contributed by atoms with van der Waals surface area (Å²) in [7, 11) is 0. The van der Waals surface area contributed by atoms with Crippen LogP contribution in [0.2, 0.25) is 0 Å². The molecule has 2 bridgehead atoms. The molecule has 0 saturated heterocycles. The van der Waals surface area contributed by atoms with Gasteiger partial charge in [-0.15, -0.1) is 0 Å². The molecule has 8 atom stereocenters. The highest BCUT2D eigenvalue weighted by molar-refractivity contribution is 5.96. The van der Waals surface area contributed by atoms with Gasteiger partial charge in [0.25, 0.3) is 0 Å². The molecule has 0 radical (unpaired) electrons. The quantitative estimate of drug-likeness (QED) is 0.0936. The van der Waals surface area contributed by atoms with Crippen molar-refractivity contribution >= 4 is 29.7 Å². The van der Waals surface area contributed by atoms with Crippen molar-refractivity contribution in [2.24, 2.45) is 28.6 Å². The molecular formula is C38H56O10. The van der Waals surface area contributed by atoms with Crippen LogP contribution in [-0.2, 0) is 42.9 Å². The van der Waals surface area contributed by atoms with Crippen LogP contribution in [0.25, 0.3) is 0 Å². The van der Waals surface area contributed by atoms with Crippen molar-refractivity contribution in [3.05, 3.63) is 23.3 Å². The number of esters is 4. The minimum atomic E-state index is -2.27. The third-order valence-corrected chi connectivity index (χ3v) is 11.6. The van der Waals surface area contributed by atoms with Crippen molar-refractivity contribution in [3.63, 3.8) is 0 Å². The minimum Gasteiger partial charge on any atom is -0.461 e. The first kappa shape index (κ1) is 37.8. The molecule has 48 heavy (non-hydrogen) atoms. The van der Waals surface area contributed by atoms with Gasteiger partial charge in [-0.3, -0.25) is 24.0 Å². The van der Waals surface area contributed by atoms with Gasteiger partial charge in [0.2, 0.25) is 0 Å². The van der Waals surface area contributed by atoms with Crippen LogP contribution in [-0.4, -0.2) is 64.8 Å². The topological polar surface area (TPSA) is 142 Å². The van der Waals surface area contributed by atoms with Gasteiger partial charge in [-0.25, -0.2) is 0 Å². The van der Waals surface area contributed by atoms with Gasteiger partial charge in [-0.1, -0.05) is 91.2 Å². The summed E-state index contributed by atoms with van der Waals surface area (Å²) in [4.78, 5) is 65.5. The van der Waals surface area contributed by atoms with Gasteiger partial charge < -0.3 is 24.1 Å². The fourth-order valence-corrected chi connectivity index (χ4v) is 9.38. The average Bonchev–Trinajstić information content (AvgIpc) is 3.39. The molecule has 0 amide bonds. The Balaban J connectivity index is 1.70. The molecule has 4 aliphatic carbocycles. The summed E-state index contributed by atoms with van der Waals surface area (Å²) in [6.45, 7) is 12.9. The first-order chi connectivity index (χ1) is 22.5. The normalized spacial score (nSPS) is 34.4. The van der Waals surface area contributed by atoms with Gasteiger partial charge in [0.05, 0.1) is 5.41 Å². The summed E-state index contributed by atoms with van der Waals surface area (Å²) in [6.07, 6.45) is 11.1. The lowest BCUT2D eigenvalue weighted by atomic mass is 9.58. The molecule has 268 valence electrons. The van der Waals surface area contributed by atoms with Gasteiger partial charge in [0.1, 0.15) is 12.2 Å². The Morgan fingerprint density at radius 2 is 1.44 bits per heavy atom. The SMILES string of the molecule is CCCCCCCCCCCC(=O)O[C@@]12C[C@@H](C)C34C=C(C)[C@H](OC(C)=O)[C@@]3(O)[C@H](OC(C)=O)C(COC(C)=O)=C[C@H](C4=O)[C@@H]1C2(C)C. The number of carbonyl (C=O) groups excluding carboxylic acids is 5. The lowest BCUT2D eigenvalue weighted by molar-refractivity contribution is -0.212. The third-order valence-electron chi connectivity index (χ3n) is 11.6. The second-order valence-electron chi connectivity index (χ2n) is 15.2. The lowest BCUT2D eigenvalue weighted by Gasteiger charge is -2.49. The summed E-state index contributed by atoms with van der Waals surface area (Å²) in [5.41, 5.74) is -4.93. The predicted octanol–water partition coefficient (Wildman–Crippen LogP) is 6.11. The monoisotopic (exact) mass is 672 g/mol. The van der Waals surface area contributed by atoms with E-state index in [4.69, 9.17) is 18.9 Å². The van der Waals surface area contributed by atoms with E-state index in [9.17, 15) is 24.3 Å². The Hall–Kier alpha value is -3.01. The van der Waals surface area contributed by atoms with E-state index in [1.54, 1.807) is 19.1 Å². The molecule has 1 spiro atoms. The number of hydrogen-bond acceptors (Lipinski definition) is 10. The summed E-state index contributed by atoms with van der Waals surface area (Å²) >= 11 is 0. The van der Waals surface area contributed by atoms with E-state index in [0.717, 1.165) is 25.7 Å². The maximum absolute atomic E-state index is 15.1. The number of carbonyl (C=O) groups is 5. The second-order valence-corrected chi connectivity index (χ2v) is 15.2. The molecule has 0 heterocycles. The highest BCUT2D eigenvalue weighted by Gasteiger charge is 2.84. The number of rotatable bonds is 15. The van der Waals surface area contributed by atoms with E-state index in [1.807, 2.05) is 20.8 Å². The molecule has 0 aromatic carbocycles. The highest BCUT2D eigenvalue weighted by Crippen LogP contribution is 2.75. The van der Waals surface area contributed by atoms with Crippen LogP contribution < -0.4 is 0 Å². The number of Topliss-reactive ketones (excluding diaryl/α,β-unsaturated/α-hetero) is 1. The molecule has 1 unspecified atom stereocenters. The van der Waals surface area contributed by atoms with Gasteiger partial charge in [0.15, 0.2) is 23.6 Å². The van der Waals surface area contributed by atoms with E-state index in [0.29, 0.717) is 5.57 Å². The number of allylic oxidation sites excluding steroid dienone is 1. The van der Waals surface area contributed by atoms with Crippen LogP contribution in [0, 0.1) is 28.6 Å². The number of ketones is 1. The standard InChI is InChI=1S/C38H56O10/c1-9-10-11-12-13-14-15-16-17-18-30(42)48-37-21-24(3)36-20-23(2)33(46-26(5)40)38(36,44)34(47-27(6)41)28(22-45-25(4)39)19-29(32(36)43)31(37)35(37,7)8/h19-20,24,29,31,33-34,44H,9-18,21-22H2,1-8H3/t24-,29+,31-,33+,34-,36?,37+,38-/m1/s1. The molecule has 10 nitrogen and oxygen atoms in total. The highest BCUT2D eigenvalue weighted by atomic mass is 16.6. The second kappa shape index (κ2) is 14.5. The fraction of sp³-hybridized carbons (Fsp3) is 0.763. The Morgan fingerprint density at radius 1 is 0.875 bits per heavy atom. The number of aliphatic hydroxyl groups is 1. The van der Waals surface area contributed by atoms with Gasteiger partial charge in [-0.2, -0.15) is 0 Å². The smallest absolute Gasteiger partial charge is 0.306 e. The Labute approximate surface area is 285 Å². The van der Waals surface area contributed by atoms with Gasteiger partial charge in [0, 0.05) is 50.0 Å². The number of fused-ring (bicyclic) bond motifs is 3. The first-order valence-corrected chi connectivity index (χ1v) is 17.9. The molecule has 0 aromatic heterocycles. The molecule has 1 N–H and O–H groups in total. The summed E-state index contributed by atoms with van der Waals surface area (Å²) < 4.78 is 23.3. The zero-order valence-electron chi connectivity index (χ0n) is 30.1. The number of ether oxygens (including phenoxy) is 4. The van der Waals surface area contributed by atoms with Crippen LogP contribution in [0.1, 0.15) is 126 Å². The van der Waals surface area contributed by atoms with Crippen molar-refractivity contribution in [1.82, 2.24) is 0 Å². The molecule has 4 aliphatic rings. The van der Waals surface area contributed by atoms with Crippen molar-refractivity contribution < 1.29 is 48.0 Å². The van der Waals surface area contributed by atoms with Crippen LogP contribution in [0.15, 0.2) is 23.3 Å². The average molecular weight is 673 g/mol. The number of hydrogen-bond donors (Lipinski definition) is 1. The van der Waals surface area contributed by atoms with Crippen molar-refractivity contribution in [1.29, 1.82) is 0 Å². The molecule has 0 aromatic rings. The van der Waals surface area contributed by atoms with E-state index >= 15 is 4.79 Å². The summed E-state index contributed by atoms with van der Waals surface area (Å²) in [5.74, 6) is -4.66. The van der Waals surface area contributed by atoms with Crippen LogP contribution in [0.3, 0.4) is 0 Å². The lowest BCUT2D eigenvalue weighted by Crippen LogP contribution is -2.66. The van der Waals surface area contributed by atoms with Crippen molar-refractivity contribution in [2.75, 3.05) is 6.61 Å². The molecule has 2 saturated carbocycles. The van der Waals surface area contributed by atoms with E-state index in [2.05, 4.69) is 6.92 Å². The molecule has 2 fully saturated rings. The predicted molar refractivity (Wildman–Crippen MR) is 177 cm³/mol. The Bertz CT molecular complexity index is 1340. The van der Waals surface area contributed by atoms with Crippen molar-refractivity contribution in [3.8, 4) is 0 Å². The van der Waals surface area contributed by atoms with Crippen LogP contribution in [0.4, 0.5) is 0 Å². The third kappa shape index (κ3) is 6.50. The van der Waals surface area contributed by atoms with Crippen molar-refractivity contribution in [2.45, 2.75) is 149 Å². The molecular weight excluding hydrogens is 616 g/mol. The maximum Gasteiger partial charge on any atom is 0.306 e. The van der Waals surface area contributed by atoms with Gasteiger partial charge in [-0.05, 0) is 31.3 Å².